The van der Waals surface area contributed by atoms with Gasteiger partial charge in [0.2, 0.25) is 0 Å². The zero-order valence-electron chi connectivity index (χ0n) is 11.6. The Morgan fingerprint density at radius 1 is 0.667 bits per heavy atom. The average molecular weight is 252 g/mol. The summed E-state index contributed by atoms with van der Waals surface area (Å²) in [5.41, 5.74) is 0. The zero-order valence-corrected chi connectivity index (χ0v) is 11.6. The van der Waals surface area contributed by atoms with Gasteiger partial charge in [-0.3, -0.25) is 4.90 Å². The van der Waals surface area contributed by atoms with Crippen LogP contribution in [0.25, 0.3) is 0 Å². The highest BCUT2D eigenvalue weighted by atomic mass is 16.3. The summed E-state index contributed by atoms with van der Waals surface area (Å²) in [6.45, 7) is 5.08. The number of piperidine rings is 2. The Kier molecular flexibility index (Phi) is 4.22. The molecule has 0 spiro atoms. The summed E-state index contributed by atoms with van der Waals surface area (Å²) in [6.07, 6.45) is 10.3. The molecule has 0 aromatic carbocycles. The summed E-state index contributed by atoms with van der Waals surface area (Å²) in [5, 5.41) is 10.0. The molecule has 0 unspecified atom stereocenters. The third-order valence-corrected chi connectivity index (χ3v) is 5.32. The van der Waals surface area contributed by atoms with Crippen molar-refractivity contribution in [2.45, 2.75) is 69.6 Å². The lowest BCUT2D eigenvalue weighted by Crippen LogP contribution is -2.50. The molecule has 2 saturated heterocycles. The van der Waals surface area contributed by atoms with E-state index in [4.69, 9.17) is 0 Å². The van der Waals surface area contributed by atoms with Gasteiger partial charge in [0.05, 0.1) is 6.10 Å². The molecule has 104 valence electrons. The highest BCUT2D eigenvalue weighted by molar-refractivity contribution is 4.89. The van der Waals surface area contributed by atoms with Crippen LogP contribution in [-0.4, -0.2) is 59.3 Å². The van der Waals surface area contributed by atoms with Crippen molar-refractivity contribution >= 4 is 0 Å². The Bertz CT molecular complexity index is 257. The first-order valence-electron chi connectivity index (χ1n) is 8.01. The smallest absolute Gasteiger partial charge is 0.0695 e. The van der Waals surface area contributed by atoms with Gasteiger partial charge < -0.3 is 10.0 Å². The van der Waals surface area contributed by atoms with E-state index >= 15 is 0 Å². The number of hydrogen-bond donors (Lipinski definition) is 1. The van der Waals surface area contributed by atoms with Crippen LogP contribution in [-0.2, 0) is 0 Å². The molecule has 2 aliphatic heterocycles. The van der Waals surface area contributed by atoms with Crippen LogP contribution in [0, 0.1) is 0 Å². The normalized spacial score (nSPS) is 37.2. The number of hydrogen-bond acceptors (Lipinski definition) is 3. The first-order valence-corrected chi connectivity index (χ1v) is 8.01. The predicted molar refractivity (Wildman–Crippen MR) is 73.7 cm³/mol. The van der Waals surface area contributed by atoms with E-state index in [1.807, 2.05) is 0 Å². The van der Waals surface area contributed by atoms with Crippen LogP contribution in [0.3, 0.4) is 0 Å². The quantitative estimate of drug-likeness (QED) is 0.812. The van der Waals surface area contributed by atoms with Gasteiger partial charge in [-0.25, -0.2) is 0 Å². The molecule has 1 saturated carbocycles. The molecule has 1 N–H and O–H groups in total. The highest BCUT2D eigenvalue weighted by Crippen LogP contribution is 2.28. The summed E-state index contributed by atoms with van der Waals surface area (Å²) < 4.78 is 0. The van der Waals surface area contributed by atoms with E-state index in [2.05, 4.69) is 9.80 Å². The van der Waals surface area contributed by atoms with Crippen LogP contribution < -0.4 is 0 Å². The molecule has 1 aliphatic carbocycles. The molecule has 0 radical (unpaired) electrons. The highest BCUT2D eigenvalue weighted by Gasteiger charge is 2.34. The molecule has 0 amide bonds. The summed E-state index contributed by atoms with van der Waals surface area (Å²) in [4.78, 5) is 5.30. The number of nitrogens with zero attached hydrogens (tertiary/aromatic N) is 2. The Labute approximate surface area is 111 Å². The fourth-order valence-corrected chi connectivity index (χ4v) is 4.21. The van der Waals surface area contributed by atoms with Crippen molar-refractivity contribution in [2.75, 3.05) is 26.2 Å². The molecular formula is C15H28N2O. The number of likely N-dealkylation sites (tertiary alicyclic amines) is 2. The summed E-state index contributed by atoms with van der Waals surface area (Å²) in [6, 6.07) is 1.31. The van der Waals surface area contributed by atoms with Gasteiger partial charge in [-0.05, 0) is 58.0 Å². The summed E-state index contributed by atoms with van der Waals surface area (Å²) >= 11 is 0. The second kappa shape index (κ2) is 5.89. The molecule has 2 atom stereocenters. The lowest BCUT2D eigenvalue weighted by atomic mass is 9.98. The van der Waals surface area contributed by atoms with Crippen molar-refractivity contribution in [2.24, 2.45) is 0 Å². The molecule has 3 rings (SSSR count). The van der Waals surface area contributed by atoms with E-state index in [0.717, 1.165) is 12.5 Å². The fraction of sp³-hybridized carbons (Fsp3) is 1.00. The van der Waals surface area contributed by atoms with Gasteiger partial charge in [-0.2, -0.15) is 0 Å². The molecule has 0 aromatic heterocycles. The Balaban J connectivity index is 1.48. The van der Waals surface area contributed by atoms with Crippen molar-refractivity contribution in [1.82, 2.24) is 9.80 Å². The third kappa shape index (κ3) is 2.73. The first kappa shape index (κ1) is 12.9. The molecule has 18 heavy (non-hydrogen) atoms. The maximum absolute atomic E-state index is 10.0. The Morgan fingerprint density at radius 3 is 2.00 bits per heavy atom. The topological polar surface area (TPSA) is 26.7 Å². The summed E-state index contributed by atoms with van der Waals surface area (Å²) in [7, 11) is 0. The van der Waals surface area contributed by atoms with Gasteiger partial charge in [0, 0.05) is 25.2 Å². The van der Waals surface area contributed by atoms with Gasteiger partial charge in [0.25, 0.3) is 0 Å². The van der Waals surface area contributed by atoms with E-state index in [1.54, 1.807) is 0 Å². The minimum atomic E-state index is -0.0449. The number of aliphatic hydroxyl groups is 1. The van der Waals surface area contributed by atoms with E-state index in [-0.39, 0.29) is 6.10 Å². The second-order valence-corrected chi connectivity index (χ2v) is 6.43. The average Bonchev–Trinajstić information content (AvgIpc) is 2.86. The van der Waals surface area contributed by atoms with Crippen LogP contribution in [0.1, 0.15) is 51.4 Å². The maximum atomic E-state index is 10.0. The van der Waals surface area contributed by atoms with Gasteiger partial charge in [-0.15, -0.1) is 0 Å². The van der Waals surface area contributed by atoms with Crippen LogP contribution in [0.4, 0.5) is 0 Å². The largest absolute Gasteiger partial charge is 0.391 e. The van der Waals surface area contributed by atoms with E-state index in [1.165, 1.54) is 71.1 Å². The van der Waals surface area contributed by atoms with Crippen LogP contribution in [0.5, 0.6) is 0 Å². The van der Waals surface area contributed by atoms with Crippen LogP contribution in [0.15, 0.2) is 0 Å². The molecule has 0 bridgehead atoms. The monoisotopic (exact) mass is 252 g/mol. The molecule has 3 nitrogen and oxygen atoms in total. The molecule has 3 aliphatic rings. The molecule has 3 fully saturated rings. The molecule has 2 heterocycles. The molecule has 0 aromatic rings. The van der Waals surface area contributed by atoms with Crippen molar-refractivity contribution in [3.8, 4) is 0 Å². The SMILES string of the molecule is O[C@H]1CCC[C@@H]1N1CCC(N2CCCCC2)CC1. The van der Waals surface area contributed by atoms with Crippen LogP contribution >= 0.6 is 0 Å². The van der Waals surface area contributed by atoms with Crippen molar-refractivity contribution in [1.29, 1.82) is 0 Å². The number of aliphatic hydroxyl groups excluding tert-OH is 1. The molecular weight excluding hydrogens is 224 g/mol. The van der Waals surface area contributed by atoms with Crippen LogP contribution in [0.2, 0.25) is 0 Å². The third-order valence-electron chi connectivity index (χ3n) is 5.32. The predicted octanol–water partition coefficient (Wildman–Crippen LogP) is 1.85. The maximum Gasteiger partial charge on any atom is 0.0695 e. The minimum absolute atomic E-state index is 0.0449. The van der Waals surface area contributed by atoms with Crippen molar-refractivity contribution < 1.29 is 5.11 Å². The first-order chi connectivity index (χ1) is 8.84. The standard InChI is InChI=1S/C15H28N2O/c18-15-6-4-5-14(15)17-11-7-13(8-12-17)16-9-2-1-3-10-16/h13-15,18H,1-12H2/t14-,15-/m0/s1. The van der Waals surface area contributed by atoms with Gasteiger partial charge in [0.15, 0.2) is 0 Å². The van der Waals surface area contributed by atoms with Crippen molar-refractivity contribution in [3.63, 3.8) is 0 Å². The molecule has 3 heteroatoms. The van der Waals surface area contributed by atoms with Gasteiger partial charge in [0.1, 0.15) is 0 Å². The van der Waals surface area contributed by atoms with Crippen molar-refractivity contribution in [3.05, 3.63) is 0 Å². The van der Waals surface area contributed by atoms with Gasteiger partial charge >= 0.3 is 0 Å². The summed E-state index contributed by atoms with van der Waals surface area (Å²) in [5.74, 6) is 0. The zero-order chi connectivity index (χ0) is 12.4. The Hall–Kier alpha value is -0.120. The Morgan fingerprint density at radius 2 is 1.39 bits per heavy atom. The fourth-order valence-electron chi connectivity index (χ4n) is 4.21. The van der Waals surface area contributed by atoms with E-state index < -0.39 is 0 Å². The van der Waals surface area contributed by atoms with E-state index in [0.29, 0.717) is 6.04 Å². The number of rotatable bonds is 2. The second-order valence-electron chi connectivity index (χ2n) is 6.43. The lowest BCUT2D eigenvalue weighted by Gasteiger charge is -2.42. The van der Waals surface area contributed by atoms with E-state index in [9.17, 15) is 5.11 Å². The minimum Gasteiger partial charge on any atom is -0.391 e. The van der Waals surface area contributed by atoms with Gasteiger partial charge in [-0.1, -0.05) is 6.42 Å². The lowest BCUT2D eigenvalue weighted by molar-refractivity contribution is 0.0296.